The number of carboxylic acids is 1. The summed E-state index contributed by atoms with van der Waals surface area (Å²) in [4.78, 5) is 27.2. The van der Waals surface area contributed by atoms with Gasteiger partial charge in [-0.1, -0.05) is 69.1 Å². The van der Waals surface area contributed by atoms with Crippen molar-refractivity contribution >= 4 is 34.9 Å². The molecular formula is C30H34ClFN2O3. The molecule has 0 atom stereocenters. The van der Waals surface area contributed by atoms with Crippen molar-refractivity contribution in [1.82, 2.24) is 0 Å². The number of benzene rings is 3. The minimum absolute atomic E-state index is 0.0524. The van der Waals surface area contributed by atoms with Crippen LogP contribution in [0, 0.1) is 24.6 Å². The van der Waals surface area contributed by atoms with Crippen LogP contribution in [0.5, 0.6) is 0 Å². The van der Waals surface area contributed by atoms with E-state index in [-0.39, 0.29) is 23.5 Å². The number of rotatable bonds is 10. The minimum atomic E-state index is -1.18. The van der Waals surface area contributed by atoms with E-state index >= 15 is 0 Å². The fourth-order valence-corrected chi connectivity index (χ4v) is 4.68. The van der Waals surface area contributed by atoms with Crippen LogP contribution in [0.4, 0.5) is 15.8 Å². The molecule has 0 fully saturated rings. The predicted molar refractivity (Wildman–Crippen MR) is 149 cm³/mol. The van der Waals surface area contributed by atoms with Crippen LogP contribution < -0.4 is 10.2 Å². The van der Waals surface area contributed by atoms with Gasteiger partial charge in [0.25, 0.3) is 0 Å². The molecule has 0 aliphatic heterocycles. The lowest BCUT2D eigenvalue weighted by Gasteiger charge is -2.31. The van der Waals surface area contributed by atoms with Crippen molar-refractivity contribution in [2.75, 3.05) is 23.3 Å². The van der Waals surface area contributed by atoms with Crippen LogP contribution in [-0.4, -0.2) is 30.1 Å². The number of carbonyl (C=O) groups excluding carboxylic acids is 1. The smallest absolute Gasteiger partial charge is 0.336 e. The van der Waals surface area contributed by atoms with Gasteiger partial charge in [0.1, 0.15) is 5.82 Å². The highest BCUT2D eigenvalue weighted by atomic mass is 35.5. The second-order valence-electron chi connectivity index (χ2n) is 10.3. The Kier molecular flexibility index (Phi) is 9.33. The van der Waals surface area contributed by atoms with Crippen molar-refractivity contribution in [2.45, 2.75) is 41.0 Å². The molecule has 3 aromatic carbocycles. The first-order valence-electron chi connectivity index (χ1n) is 12.4. The SMILES string of the molecule is Cc1ccc(CC(=O)Nc2cc(-c3cc(F)ccc3C(=O)O)cc(Cl)c2N(CC(C)C)CC(C)C)cc1. The van der Waals surface area contributed by atoms with Gasteiger partial charge < -0.3 is 15.3 Å². The molecule has 0 spiro atoms. The molecule has 7 heteroatoms. The maximum atomic E-state index is 14.2. The normalized spacial score (nSPS) is 11.2. The molecular weight excluding hydrogens is 491 g/mol. The highest BCUT2D eigenvalue weighted by Gasteiger charge is 2.22. The van der Waals surface area contributed by atoms with Crippen LogP contribution in [0.2, 0.25) is 5.02 Å². The van der Waals surface area contributed by atoms with Gasteiger partial charge in [-0.05, 0) is 65.8 Å². The number of aromatic carboxylic acids is 1. The Morgan fingerprint density at radius 2 is 1.59 bits per heavy atom. The minimum Gasteiger partial charge on any atom is -0.478 e. The molecule has 5 nitrogen and oxygen atoms in total. The summed E-state index contributed by atoms with van der Waals surface area (Å²) >= 11 is 6.84. The van der Waals surface area contributed by atoms with Crippen LogP contribution in [0.1, 0.15) is 49.2 Å². The molecule has 1 amide bonds. The number of aryl methyl sites for hydroxylation is 1. The topological polar surface area (TPSA) is 69.6 Å². The Labute approximate surface area is 223 Å². The Morgan fingerprint density at radius 3 is 2.16 bits per heavy atom. The van der Waals surface area contributed by atoms with Gasteiger partial charge in [-0.3, -0.25) is 4.79 Å². The highest BCUT2D eigenvalue weighted by molar-refractivity contribution is 6.34. The summed E-state index contributed by atoms with van der Waals surface area (Å²) in [6, 6.07) is 14.6. The average molecular weight is 525 g/mol. The summed E-state index contributed by atoms with van der Waals surface area (Å²) in [6.45, 7) is 11.8. The van der Waals surface area contributed by atoms with E-state index in [0.29, 0.717) is 46.9 Å². The van der Waals surface area contributed by atoms with Crippen LogP contribution in [0.25, 0.3) is 11.1 Å². The quantitative estimate of drug-likeness (QED) is 0.289. The lowest BCUT2D eigenvalue weighted by molar-refractivity contribution is -0.115. The van der Waals surface area contributed by atoms with E-state index in [2.05, 4.69) is 37.9 Å². The van der Waals surface area contributed by atoms with Crippen molar-refractivity contribution in [2.24, 2.45) is 11.8 Å². The molecule has 3 aromatic rings. The third-order valence-corrected chi connectivity index (χ3v) is 6.12. The average Bonchev–Trinajstić information content (AvgIpc) is 2.79. The molecule has 0 unspecified atom stereocenters. The van der Waals surface area contributed by atoms with E-state index in [0.717, 1.165) is 17.2 Å². The molecule has 0 aromatic heterocycles. The number of amides is 1. The monoisotopic (exact) mass is 524 g/mol. The third kappa shape index (κ3) is 7.56. The molecule has 0 radical (unpaired) electrons. The predicted octanol–water partition coefficient (Wildman–Crippen LogP) is 7.45. The number of carboxylic acid groups (broad SMARTS) is 1. The van der Waals surface area contributed by atoms with Gasteiger partial charge in [0.15, 0.2) is 0 Å². The summed E-state index contributed by atoms with van der Waals surface area (Å²) in [5.74, 6) is -1.32. The molecule has 196 valence electrons. The van der Waals surface area contributed by atoms with Gasteiger partial charge in [-0.2, -0.15) is 0 Å². The molecule has 0 heterocycles. The van der Waals surface area contributed by atoms with Gasteiger partial charge in [-0.25, -0.2) is 9.18 Å². The lowest BCUT2D eigenvalue weighted by Crippen LogP contribution is -2.32. The van der Waals surface area contributed by atoms with Crippen LogP contribution >= 0.6 is 11.6 Å². The second kappa shape index (κ2) is 12.2. The lowest BCUT2D eigenvalue weighted by atomic mass is 9.97. The van der Waals surface area contributed by atoms with Crippen molar-refractivity contribution in [3.8, 4) is 11.1 Å². The van der Waals surface area contributed by atoms with Gasteiger partial charge in [0.05, 0.1) is 28.4 Å². The summed E-state index contributed by atoms with van der Waals surface area (Å²) in [7, 11) is 0. The molecule has 0 aliphatic rings. The van der Waals surface area contributed by atoms with Gasteiger partial charge in [0.2, 0.25) is 5.91 Å². The van der Waals surface area contributed by atoms with E-state index in [1.807, 2.05) is 31.2 Å². The molecule has 0 bridgehead atoms. The first kappa shape index (κ1) is 28.2. The number of nitrogens with zero attached hydrogens (tertiary/aromatic N) is 1. The molecule has 37 heavy (non-hydrogen) atoms. The fourth-order valence-electron chi connectivity index (χ4n) is 4.34. The molecule has 0 aliphatic carbocycles. The van der Waals surface area contributed by atoms with Crippen LogP contribution in [0.15, 0.2) is 54.6 Å². The first-order chi connectivity index (χ1) is 17.4. The summed E-state index contributed by atoms with van der Waals surface area (Å²) in [5.41, 5.74) is 3.64. The Hall–Kier alpha value is -3.38. The molecule has 0 saturated carbocycles. The standard InChI is InChI=1S/C30H34ClFN2O3/c1-18(2)16-34(17-19(3)4)29-26(31)13-22(25-15-23(32)10-11-24(25)30(36)37)14-27(29)33-28(35)12-21-8-6-20(5)7-9-21/h6-11,13-15,18-19H,12,16-17H2,1-5H3,(H,33,35)(H,36,37). The molecule has 3 rings (SSSR count). The fraction of sp³-hybridized carbons (Fsp3) is 0.333. The number of carbonyl (C=O) groups is 2. The summed E-state index contributed by atoms with van der Waals surface area (Å²) in [6.07, 6.45) is 0.163. The zero-order valence-electron chi connectivity index (χ0n) is 21.9. The maximum absolute atomic E-state index is 14.2. The van der Waals surface area contributed by atoms with E-state index < -0.39 is 11.8 Å². The Morgan fingerprint density at radius 1 is 0.973 bits per heavy atom. The highest BCUT2D eigenvalue weighted by Crippen LogP contribution is 2.40. The van der Waals surface area contributed by atoms with E-state index in [9.17, 15) is 19.1 Å². The zero-order valence-corrected chi connectivity index (χ0v) is 22.7. The van der Waals surface area contributed by atoms with Gasteiger partial charge in [-0.15, -0.1) is 0 Å². The van der Waals surface area contributed by atoms with Gasteiger partial charge in [0, 0.05) is 13.1 Å². The van der Waals surface area contributed by atoms with E-state index in [1.54, 1.807) is 12.1 Å². The van der Waals surface area contributed by atoms with Crippen molar-refractivity contribution in [3.63, 3.8) is 0 Å². The third-order valence-electron chi connectivity index (χ3n) is 5.83. The molecule has 2 N–H and O–H groups in total. The van der Waals surface area contributed by atoms with E-state index in [1.165, 1.54) is 12.1 Å². The molecule has 0 saturated heterocycles. The number of halogens is 2. The number of nitrogens with one attached hydrogen (secondary N) is 1. The van der Waals surface area contributed by atoms with E-state index in [4.69, 9.17) is 11.6 Å². The van der Waals surface area contributed by atoms with Crippen molar-refractivity contribution in [3.05, 3.63) is 82.1 Å². The van der Waals surface area contributed by atoms with Gasteiger partial charge >= 0.3 is 5.97 Å². The Balaban J connectivity index is 2.13. The van der Waals surface area contributed by atoms with Crippen LogP contribution in [0.3, 0.4) is 0 Å². The maximum Gasteiger partial charge on any atom is 0.336 e. The summed E-state index contributed by atoms with van der Waals surface area (Å²) < 4.78 is 14.2. The summed E-state index contributed by atoms with van der Waals surface area (Å²) in [5, 5.41) is 13.1. The van der Waals surface area contributed by atoms with Crippen LogP contribution in [-0.2, 0) is 11.2 Å². The van der Waals surface area contributed by atoms with Crippen molar-refractivity contribution < 1.29 is 19.1 Å². The number of hydrogen-bond acceptors (Lipinski definition) is 3. The second-order valence-corrected chi connectivity index (χ2v) is 10.7. The first-order valence-corrected chi connectivity index (χ1v) is 12.8. The number of hydrogen-bond donors (Lipinski definition) is 2. The largest absolute Gasteiger partial charge is 0.478 e. The number of anilines is 2. The zero-order chi connectivity index (χ0) is 27.3. The Bertz CT molecular complexity index is 1260. The van der Waals surface area contributed by atoms with Crippen molar-refractivity contribution in [1.29, 1.82) is 0 Å².